The molecule has 0 atom stereocenters. The van der Waals surface area contributed by atoms with Gasteiger partial charge in [-0.3, -0.25) is 0 Å². The molecule has 1 fully saturated rings. The molecule has 8 nitrogen and oxygen atoms in total. The summed E-state index contributed by atoms with van der Waals surface area (Å²) in [6, 6.07) is 15.4. The van der Waals surface area contributed by atoms with E-state index in [-0.39, 0.29) is 5.89 Å². The molecular formula is C21H19N5O3. The Balaban J connectivity index is 1.55. The van der Waals surface area contributed by atoms with Gasteiger partial charge in [-0.05, 0) is 36.4 Å². The Morgan fingerprint density at radius 3 is 2.45 bits per heavy atom. The summed E-state index contributed by atoms with van der Waals surface area (Å²) < 4.78 is 16.6. The summed E-state index contributed by atoms with van der Waals surface area (Å²) in [5, 5.41) is 9.35. The standard InChI is InChI=1S/C21H19N5O3/c1-27-15-8-6-14(7-9-15)20-24-25-21(29-20)18-22-17-5-3-2-4-16(17)19(23-18)26-10-12-28-13-11-26/h2-9H,10-13H2,1H3. The van der Waals surface area contributed by atoms with Crippen LogP contribution >= 0.6 is 0 Å². The second-order valence-corrected chi connectivity index (χ2v) is 6.63. The van der Waals surface area contributed by atoms with Crippen LogP contribution in [-0.4, -0.2) is 53.6 Å². The van der Waals surface area contributed by atoms with E-state index in [1.54, 1.807) is 7.11 Å². The molecule has 29 heavy (non-hydrogen) atoms. The van der Waals surface area contributed by atoms with Crippen molar-refractivity contribution < 1.29 is 13.9 Å². The maximum atomic E-state index is 5.89. The molecule has 0 amide bonds. The summed E-state index contributed by atoms with van der Waals surface area (Å²) in [6.07, 6.45) is 0. The van der Waals surface area contributed by atoms with Crippen molar-refractivity contribution in [3.05, 3.63) is 48.5 Å². The average molecular weight is 389 g/mol. The summed E-state index contributed by atoms with van der Waals surface area (Å²) in [6.45, 7) is 2.91. The molecule has 5 rings (SSSR count). The number of fused-ring (bicyclic) bond motifs is 1. The van der Waals surface area contributed by atoms with Gasteiger partial charge in [-0.15, -0.1) is 10.2 Å². The van der Waals surface area contributed by atoms with E-state index in [0.717, 1.165) is 41.1 Å². The summed E-state index contributed by atoms with van der Waals surface area (Å²) in [5.41, 5.74) is 1.64. The monoisotopic (exact) mass is 389 g/mol. The number of benzene rings is 2. The molecule has 2 aromatic carbocycles. The number of hydrogen-bond acceptors (Lipinski definition) is 8. The lowest BCUT2D eigenvalue weighted by atomic mass is 10.2. The van der Waals surface area contributed by atoms with Crippen LogP contribution in [-0.2, 0) is 4.74 Å². The maximum absolute atomic E-state index is 5.89. The van der Waals surface area contributed by atoms with Gasteiger partial charge in [0.1, 0.15) is 11.6 Å². The molecule has 8 heteroatoms. The van der Waals surface area contributed by atoms with Gasteiger partial charge in [0.2, 0.25) is 11.7 Å². The molecule has 146 valence electrons. The zero-order valence-corrected chi connectivity index (χ0v) is 15.9. The van der Waals surface area contributed by atoms with Crippen LogP contribution in [0.2, 0.25) is 0 Å². The molecule has 1 aliphatic heterocycles. The number of rotatable bonds is 4. The van der Waals surface area contributed by atoms with Gasteiger partial charge in [0.15, 0.2) is 0 Å². The first-order chi connectivity index (χ1) is 14.3. The topological polar surface area (TPSA) is 86.4 Å². The lowest BCUT2D eigenvalue weighted by molar-refractivity contribution is 0.122. The van der Waals surface area contributed by atoms with E-state index >= 15 is 0 Å². The first-order valence-corrected chi connectivity index (χ1v) is 9.39. The quantitative estimate of drug-likeness (QED) is 0.526. The highest BCUT2D eigenvalue weighted by Gasteiger charge is 2.20. The van der Waals surface area contributed by atoms with Crippen molar-refractivity contribution in [1.29, 1.82) is 0 Å². The van der Waals surface area contributed by atoms with E-state index in [9.17, 15) is 0 Å². The van der Waals surface area contributed by atoms with E-state index in [4.69, 9.17) is 18.9 Å². The number of hydrogen-bond donors (Lipinski definition) is 0. The maximum Gasteiger partial charge on any atom is 0.286 e. The molecule has 4 aromatic rings. The molecule has 0 unspecified atom stereocenters. The Kier molecular flexibility index (Phi) is 4.53. The minimum absolute atomic E-state index is 0.288. The van der Waals surface area contributed by atoms with Crippen LogP contribution in [0.1, 0.15) is 0 Å². The van der Waals surface area contributed by atoms with Gasteiger partial charge in [-0.25, -0.2) is 9.97 Å². The molecular weight excluding hydrogens is 370 g/mol. The molecule has 2 aromatic heterocycles. The van der Waals surface area contributed by atoms with E-state index in [2.05, 4.69) is 20.1 Å². The van der Waals surface area contributed by atoms with Crippen molar-refractivity contribution >= 4 is 16.7 Å². The molecule has 0 aliphatic carbocycles. The molecule has 0 spiro atoms. The molecule has 0 N–H and O–H groups in total. The SMILES string of the molecule is COc1ccc(-c2nnc(-c3nc(N4CCOCC4)c4ccccc4n3)o2)cc1. The van der Waals surface area contributed by atoms with Crippen LogP contribution in [0, 0.1) is 0 Å². The summed E-state index contributed by atoms with van der Waals surface area (Å²) >= 11 is 0. The predicted molar refractivity (Wildman–Crippen MR) is 108 cm³/mol. The fraction of sp³-hybridized carbons (Fsp3) is 0.238. The number of ether oxygens (including phenoxy) is 2. The molecule has 0 bridgehead atoms. The van der Waals surface area contributed by atoms with Crippen molar-refractivity contribution in [2.24, 2.45) is 0 Å². The van der Waals surface area contributed by atoms with Crippen LogP contribution < -0.4 is 9.64 Å². The van der Waals surface area contributed by atoms with Gasteiger partial charge >= 0.3 is 0 Å². The van der Waals surface area contributed by atoms with Crippen LogP contribution in [0.4, 0.5) is 5.82 Å². The summed E-state index contributed by atoms with van der Waals surface area (Å²) in [4.78, 5) is 11.6. The summed E-state index contributed by atoms with van der Waals surface area (Å²) in [5.74, 6) is 2.74. The minimum Gasteiger partial charge on any atom is -0.497 e. The fourth-order valence-corrected chi connectivity index (χ4v) is 3.34. The first kappa shape index (κ1) is 17.6. The Hall–Kier alpha value is -3.52. The van der Waals surface area contributed by atoms with Crippen molar-refractivity contribution in [1.82, 2.24) is 20.2 Å². The van der Waals surface area contributed by atoms with Gasteiger partial charge in [0.05, 0.1) is 25.8 Å². The van der Waals surface area contributed by atoms with Crippen LogP contribution in [0.25, 0.3) is 34.1 Å². The second-order valence-electron chi connectivity index (χ2n) is 6.63. The zero-order valence-electron chi connectivity index (χ0n) is 15.9. The van der Waals surface area contributed by atoms with E-state index < -0.39 is 0 Å². The normalized spacial score (nSPS) is 14.3. The Morgan fingerprint density at radius 2 is 1.66 bits per heavy atom. The fourth-order valence-electron chi connectivity index (χ4n) is 3.34. The highest BCUT2D eigenvalue weighted by atomic mass is 16.5. The summed E-state index contributed by atoms with van der Waals surface area (Å²) in [7, 11) is 1.63. The molecule has 1 saturated heterocycles. The minimum atomic E-state index is 0.288. The molecule has 0 radical (unpaired) electrons. The Bertz CT molecular complexity index is 1140. The Labute approximate surface area is 167 Å². The third kappa shape index (κ3) is 3.38. The van der Waals surface area contributed by atoms with Crippen molar-refractivity contribution in [2.75, 3.05) is 38.3 Å². The van der Waals surface area contributed by atoms with Gasteiger partial charge in [-0.2, -0.15) is 0 Å². The largest absolute Gasteiger partial charge is 0.497 e. The van der Waals surface area contributed by atoms with E-state index in [1.165, 1.54) is 0 Å². The van der Waals surface area contributed by atoms with Crippen molar-refractivity contribution in [3.63, 3.8) is 0 Å². The van der Waals surface area contributed by atoms with Gasteiger partial charge in [-0.1, -0.05) is 12.1 Å². The van der Waals surface area contributed by atoms with Gasteiger partial charge in [0, 0.05) is 24.0 Å². The molecule has 0 saturated carbocycles. The van der Waals surface area contributed by atoms with Gasteiger partial charge < -0.3 is 18.8 Å². The van der Waals surface area contributed by atoms with Crippen molar-refractivity contribution in [3.8, 4) is 28.9 Å². The van der Waals surface area contributed by atoms with Crippen LogP contribution in [0.5, 0.6) is 5.75 Å². The number of morpholine rings is 1. The second kappa shape index (κ2) is 7.48. The highest BCUT2D eigenvalue weighted by Crippen LogP contribution is 2.29. The number of aromatic nitrogens is 4. The predicted octanol–water partition coefficient (Wildman–Crippen LogP) is 3.19. The highest BCUT2D eigenvalue weighted by molar-refractivity contribution is 5.90. The lowest BCUT2D eigenvalue weighted by Gasteiger charge is -2.28. The number of para-hydroxylation sites is 1. The zero-order chi connectivity index (χ0) is 19.6. The molecule has 3 heterocycles. The number of nitrogens with zero attached hydrogens (tertiary/aromatic N) is 5. The first-order valence-electron chi connectivity index (χ1n) is 9.39. The van der Waals surface area contributed by atoms with Gasteiger partial charge in [0.25, 0.3) is 5.89 Å². The van der Waals surface area contributed by atoms with Crippen LogP contribution in [0.15, 0.2) is 52.9 Å². The Morgan fingerprint density at radius 1 is 0.897 bits per heavy atom. The van der Waals surface area contributed by atoms with E-state index in [1.807, 2.05) is 48.5 Å². The third-order valence-corrected chi connectivity index (χ3v) is 4.85. The van der Waals surface area contributed by atoms with E-state index in [0.29, 0.717) is 24.9 Å². The lowest BCUT2D eigenvalue weighted by Crippen LogP contribution is -2.37. The number of methoxy groups -OCH3 is 1. The smallest absolute Gasteiger partial charge is 0.286 e. The third-order valence-electron chi connectivity index (χ3n) is 4.85. The average Bonchev–Trinajstić information content (AvgIpc) is 3.29. The molecule has 1 aliphatic rings. The van der Waals surface area contributed by atoms with Crippen molar-refractivity contribution in [2.45, 2.75) is 0 Å². The number of anilines is 1. The van der Waals surface area contributed by atoms with Crippen LogP contribution in [0.3, 0.4) is 0 Å².